The van der Waals surface area contributed by atoms with Crippen molar-refractivity contribution in [3.8, 4) is 0 Å². The van der Waals surface area contributed by atoms with Crippen LogP contribution in [0.5, 0.6) is 0 Å². The number of rotatable bonds is 12. The van der Waals surface area contributed by atoms with Gasteiger partial charge >= 0.3 is 0 Å². The molecule has 1 aromatic rings. The Morgan fingerprint density at radius 1 is 1.24 bits per heavy atom. The number of nitrogens with zero attached hydrogens (tertiary/aromatic N) is 2. The minimum Gasteiger partial charge on any atom is -0.382 e. The van der Waals surface area contributed by atoms with Gasteiger partial charge in [0.05, 0.1) is 12.6 Å². The van der Waals surface area contributed by atoms with E-state index in [0.29, 0.717) is 6.04 Å². The summed E-state index contributed by atoms with van der Waals surface area (Å²) in [6, 6.07) is 2.55. The predicted octanol–water partition coefficient (Wildman–Crippen LogP) is 3.73. The standard InChI is InChI=1S/C18H34N4OS.HI/c1-5-19-18(20-11-9-12-23-8-4)21-14-17(22(6-2)7-3)16-10-13-24-15-16;/h10,13,15,17H,5-9,11-12,14H2,1-4H3,(H2,19,20,21);1H. The molecule has 25 heavy (non-hydrogen) atoms. The largest absolute Gasteiger partial charge is 0.382 e. The Morgan fingerprint density at radius 3 is 2.56 bits per heavy atom. The summed E-state index contributed by atoms with van der Waals surface area (Å²) < 4.78 is 5.38. The van der Waals surface area contributed by atoms with E-state index in [2.05, 4.69) is 53.1 Å². The topological polar surface area (TPSA) is 48.9 Å². The van der Waals surface area contributed by atoms with Crippen LogP contribution in [0.4, 0.5) is 0 Å². The van der Waals surface area contributed by atoms with Crippen LogP contribution >= 0.6 is 35.3 Å². The maximum atomic E-state index is 5.38. The Bertz CT molecular complexity index is 438. The zero-order valence-electron chi connectivity index (χ0n) is 16.1. The van der Waals surface area contributed by atoms with Crippen LogP contribution in [-0.2, 0) is 4.74 Å². The highest BCUT2D eigenvalue weighted by Crippen LogP contribution is 2.23. The van der Waals surface area contributed by atoms with E-state index in [1.807, 2.05) is 6.92 Å². The quantitative estimate of drug-likeness (QED) is 0.206. The number of guanidine groups is 1. The van der Waals surface area contributed by atoms with Gasteiger partial charge in [-0.05, 0) is 55.7 Å². The summed E-state index contributed by atoms with van der Waals surface area (Å²) in [5.41, 5.74) is 1.36. The Hall–Kier alpha value is -0.380. The molecule has 146 valence electrons. The maximum Gasteiger partial charge on any atom is 0.191 e. The smallest absolute Gasteiger partial charge is 0.191 e. The first kappa shape index (κ1) is 24.6. The monoisotopic (exact) mass is 482 g/mol. The average Bonchev–Trinajstić information content (AvgIpc) is 3.12. The van der Waals surface area contributed by atoms with Crippen molar-refractivity contribution >= 4 is 41.3 Å². The highest BCUT2D eigenvalue weighted by atomic mass is 127. The van der Waals surface area contributed by atoms with E-state index >= 15 is 0 Å². The molecule has 0 saturated carbocycles. The summed E-state index contributed by atoms with van der Waals surface area (Å²) in [4.78, 5) is 7.28. The van der Waals surface area contributed by atoms with Crippen molar-refractivity contribution in [2.24, 2.45) is 4.99 Å². The molecule has 0 fully saturated rings. The second kappa shape index (κ2) is 15.8. The molecule has 1 aromatic heterocycles. The molecular formula is C18H35IN4OS. The first-order chi connectivity index (χ1) is 11.8. The molecule has 0 aliphatic rings. The van der Waals surface area contributed by atoms with Gasteiger partial charge in [-0.15, -0.1) is 24.0 Å². The average molecular weight is 482 g/mol. The van der Waals surface area contributed by atoms with Crippen molar-refractivity contribution in [3.05, 3.63) is 22.4 Å². The molecular weight excluding hydrogens is 447 g/mol. The van der Waals surface area contributed by atoms with Gasteiger partial charge in [-0.25, -0.2) is 0 Å². The van der Waals surface area contributed by atoms with Crippen molar-refractivity contribution in [2.45, 2.75) is 40.2 Å². The summed E-state index contributed by atoms with van der Waals surface area (Å²) in [5.74, 6) is 0.890. The maximum absolute atomic E-state index is 5.38. The van der Waals surface area contributed by atoms with Crippen LogP contribution in [0, 0.1) is 0 Å². The van der Waals surface area contributed by atoms with Gasteiger partial charge < -0.3 is 15.4 Å². The SMILES string of the molecule is CCNC(=NCC(c1ccsc1)N(CC)CC)NCCCOCC.I. The minimum atomic E-state index is 0. The highest BCUT2D eigenvalue weighted by Gasteiger charge is 2.18. The molecule has 5 nitrogen and oxygen atoms in total. The third-order valence-electron chi connectivity index (χ3n) is 3.91. The van der Waals surface area contributed by atoms with E-state index in [9.17, 15) is 0 Å². The van der Waals surface area contributed by atoms with E-state index < -0.39 is 0 Å². The summed E-state index contributed by atoms with van der Waals surface area (Å²) in [6.45, 7) is 14.7. The van der Waals surface area contributed by atoms with Gasteiger partial charge in [0.15, 0.2) is 5.96 Å². The zero-order valence-corrected chi connectivity index (χ0v) is 19.2. The fourth-order valence-corrected chi connectivity index (χ4v) is 3.31. The van der Waals surface area contributed by atoms with Crippen LogP contribution in [0.2, 0.25) is 0 Å². The molecule has 0 spiro atoms. The van der Waals surface area contributed by atoms with Gasteiger partial charge in [0.25, 0.3) is 0 Å². The number of hydrogen-bond donors (Lipinski definition) is 2. The van der Waals surface area contributed by atoms with Gasteiger partial charge in [0, 0.05) is 26.3 Å². The summed E-state index contributed by atoms with van der Waals surface area (Å²) in [5, 5.41) is 11.1. The Kier molecular flexibility index (Phi) is 15.6. The lowest BCUT2D eigenvalue weighted by atomic mass is 10.1. The van der Waals surface area contributed by atoms with Gasteiger partial charge in [-0.3, -0.25) is 9.89 Å². The van der Waals surface area contributed by atoms with Crippen LogP contribution in [-0.4, -0.2) is 56.8 Å². The molecule has 1 atom stereocenters. The number of ether oxygens (including phenoxy) is 1. The van der Waals surface area contributed by atoms with Crippen LogP contribution in [0.25, 0.3) is 0 Å². The van der Waals surface area contributed by atoms with Crippen molar-refractivity contribution in [1.82, 2.24) is 15.5 Å². The zero-order chi connectivity index (χ0) is 17.6. The van der Waals surface area contributed by atoms with E-state index in [0.717, 1.165) is 58.3 Å². The number of hydrogen-bond acceptors (Lipinski definition) is 4. The number of likely N-dealkylation sites (N-methyl/N-ethyl adjacent to an activating group) is 1. The second-order valence-corrected chi connectivity index (χ2v) is 6.27. The number of aliphatic imine (C=N–C) groups is 1. The van der Waals surface area contributed by atoms with Gasteiger partial charge in [-0.2, -0.15) is 11.3 Å². The van der Waals surface area contributed by atoms with Gasteiger partial charge in [0.2, 0.25) is 0 Å². The van der Waals surface area contributed by atoms with E-state index in [-0.39, 0.29) is 24.0 Å². The lowest BCUT2D eigenvalue weighted by Crippen LogP contribution is -2.39. The molecule has 0 aliphatic carbocycles. The van der Waals surface area contributed by atoms with Gasteiger partial charge in [-0.1, -0.05) is 13.8 Å². The Morgan fingerprint density at radius 2 is 2.00 bits per heavy atom. The molecule has 1 rings (SSSR count). The van der Waals surface area contributed by atoms with Crippen molar-refractivity contribution in [3.63, 3.8) is 0 Å². The third kappa shape index (κ3) is 9.77. The molecule has 0 aromatic carbocycles. The third-order valence-corrected chi connectivity index (χ3v) is 4.61. The molecule has 0 amide bonds. The molecule has 7 heteroatoms. The lowest BCUT2D eigenvalue weighted by Gasteiger charge is -2.28. The molecule has 0 saturated heterocycles. The van der Waals surface area contributed by atoms with Crippen LogP contribution in [0.3, 0.4) is 0 Å². The van der Waals surface area contributed by atoms with E-state index in [4.69, 9.17) is 9.73 Å². The minimum absolute atomic E-state index is 0. The summed E-state index contributed by atoms with van der Waals surface area (Å²) in [7, 11) is 0. The summed E-state index contributed by atoms with van der Waals surface area (Å²) in [6.07, 6.45) is 0.988. The number of nitrogens with one attached hydrogen (secondary N) is 2. The highest BCUT2D eigenvalue weighted by molar-refractivity contribution is 14.0. The Balaban J connectivity index is 0.00000576. The predicted molar refractivity (Wildman–Crippen MR) is 120 cm³/mol. The van der Waals surface area contributed by atoms with Crippen molar-refractivity contribution in [1.29, 1.82) is 0 Å². The van der Waals surface area contributed by atoms with Crippen LogP contribution in [0.15, 0.2) is 21.8 Å². The van der Waals surface area contributed by atoms with E-state index in [1.165, 1.54) is 5.56 Å². The summed E-state index contributed by atoms with van der Waals surface area (Å²) >= 11 is 1.75. The molecule has 1 unspecified atom stereocenters. The van der Waals surface area contributed by atoms with Crippen LogP contribution < -0.4 is 10.6 Å². The molecule has 0 bridgehead atoms. The molecule has 0 radical (unpaired) electrons. The first-order valence-electron chi connectivity index (χ1n) is 9.12. The van der Waals surface area contributed by atoms with Gasteiger partial charge in [0.1, 0.15) is 0 Å². The molecule has 0 aliphatic heterocycles. The first-order valence-corrected chi connectivity index (χ1v) is 10.1. The molecule has 1 heterocycles. The second-order valence-electron chi connectivity index (χ2n) is 5.49. The van der Waals surface area contributed by atoms with Crippen molar-refractivity contribution in [2.75, 3.05) is 45.9 Å². The number of halogens is 1. The Labute approximate surface area is 174 Å². The fourth-order valence-electron chi connectivity index (χ4n) is 2.61. The van der Waals surface area contributed by atoms with E-state index in [1.54, 1.807) is 11.3 Å². The van der Waals surface area contributed by atoms with Crippen molar-refractivity contribution < 1.29 is 4.74 Å². The van der Waals surface area contributed by atoms with Crippen LogP contribution in [0.1, 0.15) is 45.7 Å². The number of thiophene rings is 1. The molecule has 2 N–H and O–H groups in total. The fraction of sp³-hybridized carbons (Fsp3) is 0.722. The normalized spacial score (nSPS) is 12.8. The lowest BCUT2D eigenvalue weighted by molar-refractivity contribution is 0.145.